The molecule has 0 aromatic rings. The molecule has 1 aliphatic heterocycles. The first-order chi connectivity index (χ1) is 32.4. The average molecular weight is 933 g/mol. The molecule has 10 heteroatoms. The number of ether oxygens (including phenoxy) is 2. The predicted molar refractivity (Wildman–Crippen MR) is 280 cm³/mol. The number of hydrogen-bond acceptors (Lipinski definition) is 9. The van der Waals surface area contributed by atoms with Gasteiger partial charge in [-0.2, -0.15) is 0 Å². The minimum absolute atomic E-state index is 0.192. The average Bonchev–Trinajstić information content (AvgIpc) is 3.32. The molecule has 10 nitrogen and oxygen atoms in total. The van der Waals surface area contributed by atoms with E-state index in [-0.39, 0.29) is 31.1 Å². The zero-order chi connectivity index (χ0) is 48.0. The maximum absolute atomic E-state index is 13.9. The molecule has 66 heavy (non-hydrogen) atoms. The van der Waals surface area contributed by atoms with Crippen LogP contribution in [0.1, 0.15) is 234 Å². The van der Waals surface area contributed by atoms with E-state index in [0.717, 1.165) is 51.9 Å². The van der Waals surface area contributed by atoms with Gasteiger partial charge in [-0.05, 0) is 71.2 Å². The molecule has 0 saturated carbocycles. The number of rotatable bonds is 48. The van der Waals surface area contributed by atoms with Gasteiger partial charge in [0, 0.05) is 45.7 Å². The number of carbonyl (C=O) groups is 3. The van der Waals surface area contributed by atoms with Crippen LogP contribution < -0.4 is 0 Å². The molecule has 1 saturated heterocycles. The number of nitrogens with zero attached hydrogens (tertiary/aromatic N) is 5. The van der Waals surface area contributed by atoms with Crippen LogP contribution in [0, 0.1) is 0 Å². The highest BCUT2D eigenvalue weighted by atomic mass is 16.5. The van der Waals surface area contributed by atoms with E-state index in [4.69, 9.17) is 9.47 Å². The molecule has 0 spiro atoms. The van der Waals surface area contributed by atoms with Gasteiger partial charge in [0.05, 0.1) is 13.1 Å². The second kappa shape index (κ2) is 46.7. The topological polar surface area (TPSA) is 85.9 Å². The molecule has 0 radical (unpaired) electrons. The van der Waals surface area contributed by atoms with Crippen molar-refractivity contribution < 1.29 is 23.9 Å². The second-order valence-corrected chi connectivity index (χ2v) is 19.7. The van der Waals surface area contributed by atoms with Gasteiger partial charge in [-0.1, -0.05) is 201 Å². The number of piperazine rings is 1. The maximum Gasteiger partial charge on any atom is 0.321 e. The molecule has 1 heterocycles. The van der Waals surface area contributed by atoms with Crippen LogP contribution in [0.3, 0.4) is 0 Å². The third kappa shape index (κ3) is 37.9. The molecule has 388 valence electrons. The van der Waals surface area contributed by atoms with Crippen molar-refractivity contribution >= 4 is 17.8 Å². The summed E-state index contributed by atoms with van der Waals surface area (Å²) in [7, 11) is 0. The van der Waals surface area contributed by atoms with E-state index < -0.39 is 0 Å². The Bertz CT molecular complexity index is 1110. The van der Waals surface area contributed by atoms with Crippen LogP contribution in [-0.2, 0) is 23.9 Å². The van der Waals surface area contributed by atoms with Gasteiger partial charge in [0.1, 0.15) is 13.3 Å². The van der Waals surface area contributed by atoms with Gasteiger partial charge >= 0.3 is 11.9 Å². The number of carbonyl (C=O) groups excluding carboxylic acids is 3. The monoisotopic (exact) mass is 932 g/mol. The van der Waals surface area contributed by atoms with Crippen LogP contribution in [0.5, 0.6) is 0 Å². The van der Waals surface area contributed by atoms with Crippen molar-refractivity contribution in [1.82, 2.24) is 24.5 Å². The first-order valence-corrected chi connectivity index (χ1v) is 28.5. The highest BCUT2D eigenvalue weighted by molar-refractivity contribution is 5.78. The lowest BCUT2D eigenvalue weighted by Crippen LogP contribution is -2.52. The Morgan fingerprint density at radius 2 is 0.803 bits per heavy atom. The summed E-state index contributed by atoms with van der Waals surface area (Å²) in [6.45, 7) is 22.1. The summed E-state index contributed by atoms with van der Waals surface area (Å²) in [6.07, 6.45) is 42.1. The lowest BCUT2D eigenvalue weighted by molar-refractivity contribution is -0.152. The normalized spacial score (nSPS) is 13.5. The van der Waals surface area contributed by atoms with E-state index in [1.807, 2.05) is 17.1 Å². The number of unbranched alkanes of at least 4 members (excludes halogenated alkanes) is 24. The van der Waals surface area contributed by atoms with Crippen LogP contribution >= 0.6 is 0 Å². The summed E-state index contributed by atoms with van der Waals surface area (Å²) in [4.78, 5) is 50.9. The zero-order valence-corrected chi connectivity index (χ0v) is 44.5. The summed E-state index contributed by atoms with van der Waals surface area (Å²) in [6, 6.07) is 0. The van der Waals surface area contributed by atoms with Gasteiger partial charge < -0.3 is 19.3 Å². The standard InChI is InChI=1S/C56H109N5O5/c1-6-11-16-20-24-28-32-39-57(40-33-29-25-21-17-12-7-2)44-45-59(42-35-31-27-23-19-14-9-4)51-54(62)61-48-46-60(47-49-61)53-66-56(64)52-58(41-34-30-26-22-18-13-8-3)43-37-38-55(63)65-50-36-15-10-5/h15,36H,6-14,16-35,37-53H2,1-5H3/b36-15-. The van der Waals surface area contributed by atoms with Crippen LogP contribution in [0.15, 0.2) is 12.2 Å². The van der Waals surface area contributed by atoms with E-state index in [1.165, 1.54) is 174 Å². The van der Waals surface area contributed by atoms with E-state index in [2.05, 4.69) is 54.2 Å². The lowest BCUT2D eigenvalue weighted by Gasteiger charge is -2.36. The summed E-state index contributed by atoms with van der Waals surface area (Å²) < 4.78 is 11.2. The van der Waals surface area contributed by atoms with Crippen molar-refractivity contribution in [2.75, 3.05) is 98.4 Å². The third-order valence-corrected chi connectivity index (χ3v) is 13.5. The molecule has 0 bridgehead atoms. The number of amides is 1. The van der Waals surface area contributed by atoms with E-state index in [1.54, 1.807) is 0 Å². The minimum Gasteiger partial charge on any atom is -0.461 e. The Kier molecular flexibility index (Phi) is 43.9. The highest BCUT2D eigenvalue weighted by Gasteiger charge is 2.24. The Hall–Kier alpha value is -2.01. The van der Waals surface area contributed by atoms with Crippen LogP contribution in [-0.4, -0.2) is 141 Å². The fraction of sp³-hybridized carbons (Fsp3) is 0.911. The van der Waals surface area contributed by atoms with Gasteiger partial charge in [-0.25, -0.2) is 0 Å². The summed E-state index contributed by atoms with van der Waals surface area (Å²) in [5.41, 5.74) is 0. The number of esters is 2. The van der Waals surface area contributed by atoms with E-state index in [9.17, 15) is 14.4 Å². The van der Waals surface area contributed by atoms with Crippen molar-refractivity contribution in [2.45, 2.75) is 234 Å². The van der Waals surface area contributed by atoms with Gasteiger partial charge in [0.25, 0.3) is 0 Å². The Morgan fingerprint density at radius 1 is 0.409 bits per heavy atom. The molecule has 0 aliphatic carbocycles. The third-order valence-electron chi connectivity index (χ3n) is 13.5. The molecular weight excluding hydrogens is 823 g/mol. The molecule has 0 unspecified atom stereocenters. The van der Waals surface area contributed by atoms with Crippen molar-refractivity contribution in [3.8, 4) is 0 Å². The van der Waals surface area contributed by atoms with Crippen LogP contribution in [0.25, 0.3) is 0 Å². The highest BCUT2D eigenvalue weighted by Crippen LogP contribution is 2.14. The zero-order valence-electron chi connectivity index (χ0n) is 44.5. The molecule has 0 atom stereocenters. The molecule has 1 amide bonds. The second-order valence-electron chi connectivity index (χ2n) is 19.7. The molecule has 0 aromatic heterocycles. The van der Waals surface area contributed by atoms with Crippen molar-refractivity contribution in [3.63, 3.8) is 0 Å². The quantitative estimate of drug-likeness (QED) is 0.0336. The predicted octanol–water partition coefficient (Wildman–Crippen LogP) is 12.8. The lowest BCUT2D eigenvalue weighted by atomic mass is 10.1. The Morgan fingerprint density at radius 3 is 1.26 bits per heavy atom. The largest absolute Gasteiger partial charge is 0.461 e. The molecular formula is C56H109N5O5. The van der Waals surface area contributed by atoms with Gasteiger partial charge in [0.15, 0.2) is 0 Å². The number of hydrogen-bond donors (Lipinski definition) is 0. The minimum atomic E-state index is -0.224. The fourth-order valence-electron chi connectivity index (χ4n) is 9.03. The van der Waals surface area contributed by atoms with Crippen molar-refractivity contribution in [1.29, 1.82) is 0 Å². The van der Waals surface area contributed by atoms with Gasteiger partial charge in [-0.15, -0.1) is 0 Å². The van der Waals surface area contributed by atoms with E-state index >= 15 is 0 Å². The molecule has 1 aliphatic rings. The summed E-state index contributed by atoms with van der Waals surface area (Å²) in [5, 5.41) is 0. The fourth-order valence-corrected chi connectivity index (χ4v) is 9.03. The van der Waals surface area contributed by atoms with Gasteiger partial charge in [-0.3, -0.25) is 29.1 Å². The van der Waals surface area contributed by atoms with Crippen molar-refractivity contribution in [3.05, 3.63) is 12.2 Å². The Labute approximate surface area is 409 Å². The first kappa shape index (κ1) is 62.0. The maximum atomic E-state index is 13.9. The molecule has 1 rings (SSSR count). The van der Waals surface area contributed by atoms with Crippen LogP contribution in [0.2, 0.25) is 0 Å². The van der Waals surface area contributed by atoms with Crippen LogP contribution in [0.4, 0.5) is 0 Å². The first-order valence-electron chi connectivity index (χ1n) is 28.5. The smallest absolute Gasteiger partial charge is 0.321 e. The molecule has 0 N–H and O–H groups in total. The summed E-state index contributed by atoms with van der Waals surface area (Å²) >= 11 is 0. The van der Waals surface area contributed by atoms with Gasteiger partial charge in [0.2, 0.25) is 5.91 Å². The van der Waals surface area contributed by atoms with E-state index in [0.29, 0.717) is 58.7 Å². The van der Waals surface area contributed by atoms with Crippen molar-refractivity contribution in [2.24, 2.45) is 0 Å². The SMILES string of the molecule is CC/C=C\COC(=O)CCCN(CCCCCCCCC)CC(=O)OCN1CCN(C(=O)CN(CCCCCCCCC)CCN(CCCCCCCCC)CCCCCCCCC)CC1. The molecule has 1 fully saturated rings. The number of allylic oxidation sites excluding steroid dienone is 1. The Balaban J connectivity index is 2.72. The molecule has 0 aromatic carbocycles. The summed E-state index contributed by atoms with van der Waals surface area (Å²) in [5.74, 6) is -0.178.